The van der Waals surface area contributed by atoms with Gasteiger partial charge >= 0.3 is 0 Å². The molecule has 0 unspecified atom stereocenters. The first-order valence-electron chi connectivity index (χ1n) is 9.69. The summed E-state index contributed by atoms with van der Waals surface area (Å²) in [7, 11) is 0. The van der Waals surface area contributed by atoms with Crippen LogP contribution in [0, 0.1) is 11.2 Å². The molecule has 28 heavy (non-hydrogen) atoms. The first-order valence-corrected chi connectivity index (χ1v) is 10.6. The lowest BCUT2D eigenvalue weighted by Gasteiger charge is -2.29. The topological polar surface area (TPSA) is 45.7 Å². The molecule has 2 aromatic rings. The van der Waals surface area contributed by atoms with Crippen LogP contribution < -0.4 is 9.80 Å². The van der Waals surface area contributed by atoms with E-state index in [1.54, 1.807) is 28.4 Å². The zero-order valence-electron chi connectivity index (χ0n) is 16.8. The average molecular weight is 406 g/mol. The summed E-state index contributed by atoms with van der Waals surface area (Å²) in [5, 5.41) is 3.14. The van der Waals surface area contributed by atoms with Gasteiger partial charge in [-0.25, -0.2) is 9.37 Å². The number of morpholine rings is 1. The zero-order chi connectivity index (χ0) is 20.1. The molecule has 2 heterocycles. The fourth-order valence-corrected chi connectivity index (χ4v) is 4.02. The molecule has 0 bridgehead atoms. The molecule has 1 saturated heterocycles. The molecule has 0 saturated carbocycles. The van der Waals surface area contributed by atoms with Gasteiger partial charge in [0.15, 0.2) is 5.13 Å². The minimum atomic E-state index is -0.501. The monoisotopic (exact) mass is 405 g/mol. The highest BCUT2D eigenvalue weighted by molar-refractivity contribution is 7.13. The van der Waals surface area contributed by atoms with Crippen molar-refractivity contribution >= 4 is 28.1 Å². The van der Waals surface area contributed by atoms with Crippen LogP contribution in [-0.4, -0.2) is 43.7 Å². The third-order valence-electron chi connectivity index (χ3n) is 4.66. The van der Waals surface area contributed by atoms with Gasteiger partial charge in [0.25, 0.3) is 0 Å². The van der Waals surface area contributed by atoms with Crippen LogP contribution in [0.1, 0.15) is 32.9 Å². The number of anilines is 2. The molecule has 152 valence electrons. The van der Waals surface area contributed by atoms with Crippen LogP contribution in [0.2, 0.25) is 0 Å². The minimum absolute atomic E-state index is 0.0337. The Bertz CT molecular complexity index is 780. The van der Waals surface area contributed by atoms with E-state index in [0.29, 0.717) is 6.54 Å². The van der Waals surface area contributed by atoms with Gasteiger partial charge in [0.05, 0.1) is 18.9 Å². The summed E-state index contributed by atoms with van der Waals surface area (Å²) in [5.74, 6) is -0.267. The van der Waals surface area contributed by atoms with Crippen molar-refractivity contribution in [3.8, 4) is 0 Å². The first-order chi connectivity index (χ1) is 13.3. The van der Waals surface area contributed by atoms with Crippen molar-refractivity contribution in [3.05, 3.63) is 41.2 Å². The van der Waals surface area contributed by atoms with E-state index in [0.717, 1.165) is 55.7 Å². The fraction of sp³-hybridized carbons (Fsp3) is 0.524. The number of rotatable bonds is 6. The largest absolute Gasteiger partial charge is 0.378 e. The summed E-state index contributed by atoms with van der Waals surface area (Å²) in [4.78, 5) is 21.7. The van der Waals surface area contributed by atoms with Crippen molar-refractivity contribution < 1.29 is 13.9 Å². The van der Waals surface area contributed by atoms with Crippen LogP contribution >= 0.6 is 11.3 Å². The van der Waals surface area contributed by atoms with E-state index in [1.807, 2.05) is 20.8 Å². The first kappa shape index (κ1) is 20.7. The lowest BCUT2D eigenvalue weighted by Crippen LogP contribution is -2.40. The van der Waals surface area contributed by atoms with Crippen molar-refractivity contribution in [2.75, 3.05) is 42.6 Å². The Kier molecular flexibility index (Phi) is 6.67. The summed E-state index contributed by atoms with van der Waals surface area (Å²) in [5.41, 5.74) is 1.28. The van der Waals surface area contributed by atoms with Gasteiger partial charge in [0.1, 0.15) is 5.82 Å². The van der Waals surface area contributed by atoms with Crippen LogP contribution in [0.15, 0.2) is 29.6 Å². The molecule has 0 N–H and O–H groups in total. The van der Waals surface area contributed by atoms with Gasteiger partial charge in [0.2, 0.25) is 5.91 Å². The number of hydrogen-bond donors (Lipinski definition) is 0. The maximum absolute atomic E-state index is 13.3. The van der Waals surface area contributed by atoms with E-state index in [4.69, 9.17) is 9.72 Å². The third kappa shape index (κ3) is 5.29. The van der Waals surface area contributed by atoms with Gasteiger partial charge in [-0.05, 0) is 37.1 Å². The molecule has 1 amide bonds. The Hall–Kier alpha value is -1.99. The number of carbonyl (C=O) groups is 1. The van der Waals surface area contributed by atoms with Gasteiger partial charge in [0, 0.05) is 36.1 Å². The summed E-state index contributed by atoms with van der Waals surface area (Å²) in [6, 6.07) is 6.12. The molecule has 1 aliphatic heterocycles. The quantitative estimate of drug-likeness (QED) is 0.725. The van der Waals surface area contributed by atoms with Crippen LogP contribution in [-0.2, 0) is 16.0 Å². The Morgan fingerprint density at radius 2 is 1.93 bits per heavy atom. The van der Waals surface area contributed by atoms with E-state index in [-0.39, 0.29) is 11.7 Å². The predicted octanol–water partition coefficient (Wildman–Crippen LogP) is 4.13. The van der Waals surface area contributed by atoms with Crippen LogP contribution in [0.3, 0.4) is 0 Å². The smallest absolute Gasteiger partial charge is 0.232 e. The molecule has 5 nitrogen and oxygen atoms in total. The molecule has 7 heteroatoms. The highest BCUT2D eigenvalue weighted by Gasteiger charge is 2.28. The average Bonchev–Trinajstić information content (AvgIpc) is 3.15. The number of amides is 1. The molecule has 0 atom stereocenters. The minimum Gasteiger partial charge on any atom is -0.378 e. The second-order valence-corrected chi connectivity index (χ2v) is 8.84. The Morgan fingerprint density at radius 1 is 1.25 bits per heavy atom. The number of hydrogen-bond acceptors (Lipinski definition) is 5. The summed E-state index contributed by atoms with van der Waals surface area (Å²) >= 11 is 1.66. The molecule has 1 aliphatic rings. The van der Waals surface area contributed by atoms with Crippen LogP contribution in [0.4, 0.5) is 15.2 Å². The maximum atomic E-state index is 13.3. The molecule has 0 aliphatic carbocycles. The number of halogens is 1. The van der Waals surface area contributed by atoms with Crippen molar-refractivity contribution in [3.63, 3.8) is 0 Å². The van der Waals surface area contributed by atoms with Crippen LogP contribution in [0.25, 0.3) is 0 Å². The molecular formula is C21H28FN3O2S. The number of benzene rings is 1. The number of aromatic nitrogens is 1. The highest BCUT2D eigenvalue weighted by Crippen LogP contribution is 2.25. The van der Waals surface area contributed by atoms with Crippen LogP contribution in [0.5, 0.6) is 0 Å². The van der Waals surface area contributed by atoms with Crippen molar-refractivity contribution in [2.24, 2.45) is 5.41 Å². The normalized spacial score (nSPS) is 14.9. The molecule has 0 spiro atoms. The lowest BCUT2D eigenvalue weighted by molar-refractivity contribution is -0.125. The number of nitrogens with zero attached hydrogens (tertiary/aromatic N) is 3. The van der Waals surface area contributed by atoms with Gasteiger partial charge < -0.3 is 14.5 Å². The van der Waals surface area contributed by atoms with Crippen molar-refractivity contribution in [1.82, 2.24) is 4.98 Å². The Balaban J connectivity index is 1.63. The highest BCUT2D eigenvalue weighted by atomic mass is 32.1. The van der Waals surface area contributed by atoms with E-state index in [1.165, 1.54) is 12.1 Å². The maximum Gasteiger partial charge on any atom is 0.232 e. The lowest BCUT2D eigenvalue weighted by atomic mass is 9.94. The number of aryl methyl sites for hydroxylation is 1. The number of thiazole rings is 1. The molecule has 0 radical (unpaired) electrons. The SMILES string of the molecule is CC(C)(C)C(=O)N(CCCc1csc(N2CCOCC2)n1)c1ccc(F)cc1. The van der Waals surface area contributed by atoms with Crippen molar-refractivity contribution in [2.45, 2.75) is 33.6 Å². The molecular weight excluding hydrogens is 377 g/mol. The van der Waals surface area contributed by atoms with E-state index < -0.39 is 5.41 Å². The number of ether oxygens (including phenoxy) is 1. The van der Waals surface area contributed by atoms with Crippen molar-refractivity contribution in [1.29, 1.82) is 0 Å². The van der Waals surface area contributed by atoms with E-state index >= 15 is 0 Å². The zero-order valence-corrected chi connectivity index (χ0v) is 17.6. The summed E-state index contributed by atoms with van der Waals surface area (Å²) < 4.78 is 18.7. The summed E-state index contributed by atoms with van der Waals surface area (Å²) in [6.45, 7) is 9.54. The second kappa shape index (κ2) is 9.01. The van der Waals surface area contributed by atoms with E-state index in [2.05, 4.69) is 10.3 Å². The summed E-state index contributed by atoms with van der Waals surface area (Å²) in [6.07, 6.45) is 1.60. The standard InChI is InChI=1S/C21H28FN3O2S/c1-21(2,3)19(26)25(18-8-6-16(22)7-9-18)10-4-5-17-15-28-20(23-17)24-11-13-27-14-12-24/h6-9,15H,4-5,10-14H2,1-3H3. The third-order valence-corrected chi connectivity index (χ3v) is 5.61. The molecule has 1 aromatic heterocycles. The van der Waals surface area contributed by atoms with Gasteiger partial charge in [-0.15, -0.1) is 11.3 Å². The molecule has 3 rings (SSSR count). The molecule has 1 aromatic carbocycles. The predicted molar refractivity (Wildman–Crippen MR) is 112 cm³/mol. The Morgan fingerprint density at radius 3 is 2.57 bits per heavy atom. The second-order valence-electron chi connectivity index (χ2n) is 8.01. The number of carbonyl (C=O) groups excluding carboxylic acids is 1. The van der Waals surface area contributed by atoms with Gasteiger partial charge in [-0.2, -0.15) is 0 Å². The Labute approximate surface area is 170 Å². The van der Waals surface area contributed by atoms with E-state index in [9.17, 15) is 9.18 Å². The fourth-order valence-electron chi connectivity index (χ4n) is 3.10. The van der Waals surface area contributed by atoms with Gasteiger partial charge in [-0.1, -0.05) is 20.8 Å². The van der Waals surface area contributed by atoms with Gasteiger partial charge in [-0.3, -0.25) is 4.79 Å². The molecule has 1 fully saturated rings.